The third-order valence-electron chi connectivity index (χ3n) is 4.78. The minimum Gasteiger partial charge on any atom is -0.492 e. The van der Waals surface area contributed by atoms with E-state index in [1.807, 2.05) is 19.9 Å². The number of nitrogens with one attached hydrogen (secondary N) is 1. The standard InChI is InChI=1S/C24H25ClN2O4S/c1-18-8-11-20(12-9-18)27(32(29,30)22-6-4-3-5-7-22)17-24(28)26-14-15-31-21-13-10-19(2)23(25)16-21/h3-13,16H,14-15,17H2,1-2H3,(H,26,28). The molecule has 0 aliphatic heterocycles. The lowest BCUT2D eigenvalue weighted by Crippen LogP contribution is -2.41. The highest BCUT2D eigenvalue weighted by Gasteiger charge is 2.26. The average Bonchev–Trinajstić information content (AvgIpc) is 2.78. The molecule has 1 N–H and O–H groups in total. The highest BCUT2D eigenvalue weighted by atomic mass is 35.5. The van der Waals surface area contributed by atoms with E-state index in [1.54, 1.807) is 54.6 Å². The minimum absolute atomic E-state index is 0.118. The van der Waals surface area contributed by atoms with Gasteiger partial charge in [-0.15, -0.1) is 0 Å². The molecule has 0 aliphatic carbocycles. The number of carbonyl (C=O) groups excluding carboxylic acids is 1. The fraction of sp³-hybridized carbons (Fsp3) is 0.208. The minimum atomic E-state index is -3.92. The predicted octanol–water partition coefficient (Wildman–Crippen LogP) is 4.35. The maximum Gasteiger partial charge on any atom is 0.264 e. The van der Waals surface area contributed by atoms with Gasteiger partial charge in [0.05, 0.1) is 17.1 Å². The summed E-state index contributed by atoms with van der Waals surface area (Å²) in [5, 5.41) is 3.31. The van der Waals surface area contributed by atoms with Gasteiger partial charge in [-0.3, -0.25) is 9.10 Å². The van der Waals surface area contributed by atoms with Crippen molar-refractivity contribution in [3.8, 4) is 5.75 Å². The first-order valence-electron chi connectivity index (χ1n) is 10.1. The number of sulfonamides is 1. The van der Waals surface area contributed by atoms with Gasteiger partial charge in [0.2, 0.25) is 5.91 Å². The molecule has 0 bridgehead atoms. The zero-order valence-corrected chi connectivity index (χ0v) is 19.5. The van der Waals surface area contributed by atoms with Crippen LogP contribution in [0.25, 0.3) is 0 Å². The summed E-state index contributed by atoms with van der Waals surface area (Å²) >= 11 is 6.08. The van der Waals surface area contributed by atoms with Crippen LogP contribution in [-0.4, -0.2) is 34.0 Å². The molecule has 0 heterocycles. The Morgan fingerprint density at radius 2 is 1.69 bits per heavy atom. The topological polar surface area (TPSA) is 75.7 Å². The van der Waals surface area contributed by atoms with Crippen LogP contribution in [0.5, 0.6) is 5.75 Å². The maximum atomic E-state index is 13.2. The molecule has 3 rings (SSSR count). The number of hydrogen-bond acceptors (Lipinski definition) is 4. The number of aryl methyl sites for hydroxylation is 2. The molecule has 3 aromatic rings. The number of nitrogens with zero attached hydrogens (tertiary/aromatic N) is 1. The summed E-state index contributed by atoms with van der Waals surface area (Å²) in [5.74, 6) is 0.165. The molecule has 0 aliphatic rings. The first kappa shape index (κ1) is 23.6. The van der Waals surface area contributed by atoms with Gasteiger partial charge in [-0.2, -0.15) is 0 Å². The zero-order chi connectivity index (χ0) is 23.1. The Labute approximate surface area is 193 Å². The smallest absolute Gasteiger partial charge is 0.264 e. The fourth-order valence-electron chi connectivity index (χ4n) is 2.95. The second kappa shape index (κ2) is 10.5. The number of anilines is 1. The van der Waals surface area contributed by atoms with Crippen molar-refractivity contribution in [2.45, 2.75) is 18.7 Å². The molecular formula is C24H25ClN2O4S. The average molecular weight is 473 g/mol. The van der Waals surface area contributed by atoms with Gasteiger partial charge in [-0.05, 0) is 55.8 Å². The Balaban J connectivity index is 1.67. The summed E-state index contributed by atoms with van der Waals surface area (Å²) in [6.45, 7) is 3.90. The quantitative estimate of drug-likeness (QED) is 0.470. The van der Waals surface area contributed by atoms with Crippen LogP contribution in [0.3, 0.4) is 0 Å². The van der Waals surface area contributed by atoms with Gasteiger partial charge in [-0.25, -0.2) is 8.42 Å². The molecule has 1 amide bonds. The van der Waals surface area contributed by atoms with Gasteiger partial charge in [-0.1, -0.05) is 53.6 Å². The van der Waals surface area contributed by atoms with E-state index >= 15 is 0 Å². The number of halogens is 1. The van der Waals surface area contributed by atoms with E-state index in [4.69, 9.17) is 16.3 Å². The molecule has 168 valence electrons. The molecule has 3 aromatic carbocycles. The molecule has 0 spiro atoms. The van der Waals surface area contributed by atoms with Crippen molar-refractivity contribution in [2.24, 2.45) is 0 Å². The van der Waals surface area contributed by atoms with Gasteiger partial charge in [0.25, 0.3) is 10.0 Å². The summed E-state index contributed by atoms with van der Waals surface area (Å²) < 4.78 is 33.2. The second-order valence-corrected chi connectivity index (χ2v) is 9.54. The molecule has 0 radical (unpaired) electrons. The van der Waals surface area contributed by atoms with Gasteiger partial charge in [0.1, 0.15) is 18.9 Å². The number of carbonyl (C=O) groups is 1. The molecular weight excluding hydrogens is 448 g/mol. The van der Waals surface area contributed by atoms with Crippen LogP contribution in [0.2, 0.25) is 5.02 Å². The number of ether oxygens (including phenoxy) is 1. The normalized spacial score (nSPS) is 11.1. The number of hydrogen-bond donors (Lipinski definition) is 1. The molecule has 0 fully saturated rings. The van der Waals surface area contributed by atoms with E-state index in [0.717, 1.165) is 15.4 Å². The van der Waals surface area contributed by atoms with Crippen molar-refractivity contribution in [2.75, 3.05) is 24.0 Å². The Hall–Kier alpha value is -3.03. The van der Waals surface area contributed by atoms with Crippen LogP contribution in [0, 0.1) is 13.8 Å². The van der Waals surface area contributed by atoms with Crippen LogP contribution in [0.1, 0.15) is 11.1 Å². The summed E-state index contributed by atoms with van der Waals surface area (Å²) in [4.78, 5) is 12.7. The molecule has 0 unspecified atom stereocenters. The van der Waals surface area contributed by atoms with Gasteiger partial charge in [0.15, 0.2) is 0 Å². The Morgan fingerprint density at radius 1 is 1.00 bits per heavy atom. The zero-order valence-electron chi connectivity index (χ0n) is 17.9. The molecule has 0 aromatic heterocycles. The van der Waals surface area contributed by atoms with Crippen LogP contribution in [-0.2, 0) is 14.8 Å². The molecule has 0 saturated carbocycles. The van der Waals surface area contributed by atoms with E-state index < -0.39 is 15.9 Å². The van der Waals surface area contributed by atoms with Crippen LogP contribution < -0.4 is 14.4 Å². The van der Waals surface area contributed by atoms with Crippen molar-refractivity contribution in [3.05, 3.63) is 88.9 Å². The van der Waals surface area contributed by atoms with Crippen LogP contribution in [0.4, 0.5) is 5.69 Å². The van der Waals surface area contributed by atoms with E-state index in [2.05, 4.69) is 5.32 Å². The van der Waals surface area contributed by atoms with Crippen molar-refractivity contribution < 1.29 is 17.9 Å². The monoisotopic (exact) mass is 472 g/mol. The lowest BCUT2D eigenvalue weighted by atomic mass is 10.2. The molecule has 6 nitrogen and oxygen atoms in total. The van der Waals surface area contributed by atoms with Gasteiger partial charge >= 0.3 is 0 Å². The number of rotatable bonds is 9. The lowest BCUT2D eigenvalue weighted by molar-refractivity contribution is -0.119. The van der Waals surface area contributed by atoms with E-state index in [-0.39, 0.29) is 24.6 Å². The Morgan fingerprint density at radius 3 is 2.34 bits per heavy atom. The highest BCUT2D eigenvalue weighted by molar-refractivity contribution is 7.92. The number of amides is 1. The van der Waals surface area contributed by atoms with E-state index in [9.17, 15) is 13.2 Å². The van der Waals surface area contributed by atoms with Crippen molar-refractivity contribution >= 4 is 33.2 Å². The first-order chi connectivity index (χ1) is 15.3. The largest absolute Gasteiger partial charge is 0.492 e. The maximum absolute atomic E-state index is 13.2. The van der Waals surface area contributed by atoms with Crippen LogP contribution in [0.15, 0.2) is 77.7 Å². The molecule has 8 heteroatoms. The lowest BCUT2D eigenvalue weighted by Gasteiger charge is -2.24. The summed E-state index contributed by atoms with van der Waals surface area (Å²) in [7, 11) is -3.92. The SMILES string of the molecule is Cc1ccc(N(CC(=O)NCCOc2ccc(C)c(Cl)c2)S(=O)(=O)c2ccccc2)cc1. The second-order valence-electron chi connectivity index (χ2n) is 7.27. The molecule has 32 heavy (non-hydrogen) atoms. The number of benzene rings is 3. The Bertz CT molecular complexity index is 1170. The first-order valence-corrected chi connectivity index (χ1v) is 11.9. The van der Waals surface area contributed by atoms with Crippen molar-refractivity contribution in [1.29, 1.82) is 0 Å². The summed E-state index contributed by atoms with van der Waals surface area (Å²) in [6, 6.07) is 20.4. The fourth-order valence-corrected chi connectivity index (χ4v) is 4.57. The highest BCUT2D eigenvalue weighted by Crippen LogP contribution is 2.24. The van der Waals surface area contributed by atoms with E-state index in [0.29, 0.717) is 16.5 Å². The van der Waals surface area contributed by atoms with Gasteiger partial charge < -0.3 is 10.1 Å². The van der Waals surface area contributed by atoms with Crippen molar-refractivity contribution in [1.82, 2.24) is 5.32 Å². The third kappa shape index (κ3) is 6.02. The van der Waals surface area contributed by atoms with Crippen LogP contribution >= 0.6 is 11.6 Å². The third-order valence-corrected chi connectivity index (χ3v) is 6.97. The summed E-state index contributed by atoms with van der Waals surface area (Å²) in [5.41, 5.74) is 2.35. The molecule has 0 saturated heterocycles. The summed E-state index contributed by atoms with van der Waals surface area (Å²) in [6.07, 6.45) is 0. The Kier molecular flexibility index (Phi) is 7.77. The molecule has 0 atom stereocenters. The van der Waals surface area contributed by atoms with Gasteiger partial charge in [0, 0.05) is 5.02 Å². The van der Waals surface area contributed by atoms with E-state index in [1.165, 1.54) is 12.1 Å². The predicted molar refractivity (Wildman–Crippen MR) is 127 cm³/mol. The van der Waals surface area contributed by atoms with Crippen molar-refractivity contribution in [3.63, 3.8) is 0 Å².